The van der Waals surface area contributed by atoms with Crippen molar-refractivity contribution in [1.29, 1.82) is 0 Å². The number of hydrogen-bond acceptors (Lipinski definition) is 5. The summed E-state index contributed by atoms with van der Waals surface area (Å²) in [6.45, 7) is 4.60. The summed E-state index contributed by atoms with van der Waals surface area (Å²) in [6, 6.07) is 21.2. The molecular weight excluding hydrogens is 430 g/mol. The van der Waals surface area contributed by atoms with Gasteiger partial charge >= 0.3 is 0 Å². The number of rotatable bonds is 6. The zero-order chi connectivity index (χ0) is 23.7. The molecule has 0 bridgehead atoms. The van der Waals surface area contributed by atoms with Crippen molar-refractivity contribution in [3.63, 3.8) is 0 Å². The number of amides is 1. The minimum atomic E-state index is -0.217. The van der Waals surface area contributed by atoms with E-state index in [1.165, 1.54) is 0 Å². The number of ether oxygens (including phenoxy) is 3. The second kappa shape index (κ2) is 8.94. The van der Waals surface area contributed by atoms with Crippen molar-refractivity contribution in [2.24, 2.45) is 0 Å². The molecule has 2 heterocycles. The number of hydrogen-bond donors (Lipinski definition) is 1. The largest absolute Gasteiger partial charge is 0.497 e. The van der Waals surface area contributed by atoms with Gasteiger partial charge in [-0.25, -0.2) is 4.68 Å². The van der Waals surface area contributed by atoms with Crippen LogP contribution in [0.2, 0.25) is 0 Å². The lowest BCUT2D eigenvalue weighted by Gasteiger charge is -2.12. The number of nitrogens with one attached hydrogen (secondary N) is 1. The van der Waals surface area contributed by atoms with Crippen molar-refractivity contribution in [3.05, 3.63) is 89.1 Å². The Labute approximate surface area is 197 Å². The van der Waals surface area contributed by atoms with Crippen molar-refractivity contribution < 1.29 is 19.0 Å². The zero-order valence-corrected chi connectivity index (χ0v) is 19.3. The summed E-state index contributed by atoms with van der Waals surface area (Å²) in [4.78, 5) is 13.3. The second-order valence-corrected chi connectivity index (χ2v) is 8.22. The third-order valence-electron chi connectivity index (χ3n) is 5.81. The Hall–Kier alpha value is -4.26. The number of aryl methyl sites for hydroxylation is 2. The summed E-state index contributed by atoms with van der Waals surface area (Å²) in [5, 5.41) is 7.83. The van der Waals surface area contributed by atoms with Crippen LogP contribution in [0.3, 0.4) is 0 Å². The Bertz CT molecular complexity index is 1360. The molecule has 0 aliphatic carbocycles. The first-order chi connectivity index (χ1) is 16.5. The van der Waals surface area contributed by atoms with Gasteiger partial charge in [0.25, 0.3) is 5.91 Å². The molecule has 172 valence electrons. The fraction of sp³-hybridized carbons (Fsp3) is 0.185. The maximum atomic E-state index is 13.3. The lowest BCUT2D eigenvalue weighted by Crippen LogP contribution is -2.25. The Morgan fingerprint density at radius 3 is 2.59 bits per heavy atom. The average molecular weight is 456 g/mol. The molecule has 1 aliphatic rings. The van der Waals surface area contributed by atoms with Crippen molar-refractivity contribution in [1.82, 2.24) is 15.1 Å². The van der Waals surface area contributed by atoms with Crippen LogP contribution in [0.1, 0.15) is 27.2 Å². The van der Waals surface area contributed by atoms with Gasteiger partial charge in [-0.05, 0) is 79.1 Å². The normalized spacial score (nSPS) is 12.0. The topological polar surface area (TPSA) is 74.6 Å². The fourth-order valence-corrected chi connectivity index (χ4v) is 3.90. The Morgan fingerprint density at radius 2 is 1.79 bits per heavy atom. The maximum absolute atomic E-state index is 13.3. The number of aromatic nitrogens is 2. The predicted molar refractivity (Wildman–Crippen MR) is 129 cm³/mol. The van der Waals surface area contributed by atoms with Crippen molar-refractivity contribution in [2.45, 2.75) is 20.4 Å². The van der Waals surface area contributed by atoms with Gasteiger partial charge in [0.05, 0.1) is 18.5 Å². The van der Waals surface area contributed by atoms with E-state index in [1.807, 2.05) is 80.6 Å². The molecule has 7 heteroatoms. The van der Waals surface area contributed by atoms with E-state index < -0.39 is 0 Å². The number of carbonyl (C=O) groups excluding carboxylic acids is 1. The lowest BCUT2D eigenvalue weighted by atomic mass is 10.1. The molecule has 0 fully saturated rings. The van der Waals surface area contributed by atoms with E-state index >= 15 is 0 Å². The molecule has 1 aliphatic heterocycles. The third kappa shape index (κ3) is 4.20. The van der Waals surface area contributed by atoms with E-state index in [-0.39, 0.29) is 12.7 Å². The highest BCUT2D eigenvalue weighted by atomic mass is 16.7. The second-order valence-electron chi connectivity index (χ2n) is 8.22. The Kier molecular flexibility index (Phi) is 5.67. The summed E-state index contributed by atoms with van der Waals surface area (Å²) >= 11 is 0. The van der Waals surface area contributed by atoms with Crippen LogP contribution >= 0.6 is 0 Å². The molecule has 34 heavy (non-hydrogen) atoms. The number of fused-ring (bicyclic) bond motifs is 1. The molecule has 0 spiro atoms. The number of benzene rings is 3. The van der Waals surface area contributed by atoms with Gasteiger partial charge in [-0.2, -0.15) is 5.10 Å². The molecule has 1 N–H and O–H groups in total. The Balaban J connectivity index is 1.48. The Morgan fingerprint density at radius 1 is 1.00 bits per heavy atom. The molecule has 0 atom stereocenters. The first kappa shape index (κ1) is 21.6. The highest BCUT2D eigenvalue weighted by Gasteiger charge is 2.20. The minimum Gasteiger partial charge on any atom is -0.497 e. The smallest absolute Gasteiger partial charge is 0.270 e. The standard InChI is InChI=1S/C27H25N3O4/c1-17-4-5-18(2)23(12-17)30-24(14-22(29-30)20-7-9-21(32-3)10-8-20)27(31)28-15-19-6-11-25-26(13-19)34-16-33-25/h4-14H,15-16H2,1-3H3,(H,28,31). The van der Waals surface area contributed by atoms with E-state index in [0.29, 0.717) is 29.4 Å². The van der Waals surface area contributed by atoms with Gasteiger partial charge in [-0.15, -0.1) is 0 Å². The summed E-state index contributed by atoms with van der Waals surface area (Å²) in [5.41, 5.74) is 5.97. The zero-order valence-electron chi connectivity index (χ0n) is 19.3. The first-order valence-corrected chi connectivity index (χ1v) is 11.0. The van der Waals surface area contributed by atoms with Crippen molar-refractivity contribution in [2.75, 3.05) is 13.9 Å². The minimum absolute atomic E-state index is 0.217. The summed E-state index contributed by atoms with van der Waals surface area (Å²) in [7, 11) is 1.63. The molecule has 0 radical (unpaired) electrons. The molecule has 0 unspecified atom stereocenters. The van der Waals surface area contributed by atoms with E-state index in [1.54, 1.807) is 11.8 Å². The molecule has 4 aromatic rings. The van der Waals surface area contributed by atoms with Gasteiger partial charge in [0.2, 0.25) is 6.79 Å². The molecule has 1 aromatic heterocycles. The van der Waals surface area contributed by atoms with Crippen LogP contribution in [0.5, 0.6) is 17.2 Å². The van der Waals surface area contributed by atoms with Crippen LogP contribution in [0.15, 0.2) is 66.7 Å². The monoisotopic (exact) mass is 455 g/mol. The van der Waals surface area contributed by atoms with Crippen LogP contribution in [-0.4, -0.2) is 29.6 Å². The van der Waals surface area contributed by atoms with E-state index in [4.69, 9.17) is 19.3 Å². The van der Waals surface area contributed by atoms with Gasteiger partial charge in [-0.3, -0.25) is 4.79 Å². The number of carbonyl (C=O) groups is 1. The molecule has 1 amide bonds. The van der Waals surface area contributed by atoms with Crippen molar-refractivity contribution >= 4 is 5.91 Å². The van der Waals surface area contributed by atoms with Crippen LogP contribution in [0.4, 0.5) is 0 Å². The van der Waals surface area contributed by atoms with Gasteiger partial charge in [-0.1, -0.05) is 18.2 Å². The van der Waals surface area contributed by atoms with Crippen LogP contribution < -0.4 is 19.5 Å². The molecule has 0 saturated carbocycles. The first-order valence-electron chi connectivity index (χ1n) is 11.0. The van der Waals surface area contributed by atoms with E-state index in [0.717, 1.165) is 33.7 Å². The van der Waals surface area contributed by atoms with E-state index in [2.05, 4.69) is 5.32 Å². The average Bonchev–Trinajstić information content (AvgIpc) is 3.51. The predicted octanol–water partition coefficient (Wildman–Crippen LogP) is 4.82. The molecule has 5 rings (SSSR count). The van der Waals surface area contributed by atoms with E-state index in [9.17, 15) is 4.79 Å². The van der Waals surface area contributed by atoms with Crippen LogP contribution in [0, 0.1) is 13.8 Å². The molecule has 7 nitrogen and oxygen atoms in total. The van der Waals surface area contributed by atoms with Gasteiger partial charge in [0, 0.05) is 12.1 Å². The fourth-order valence-electron chi connectivity index (χ4n) is 3.90. The van der Waals surface area contributed by atoms with Crippen LogP contribution in [-0.2, 0) is 6.54 Å². The highest BCUT2D eigenvalue weighted by Crippen LogP contribution is 2.32. The number of methoxy groups -OCH3 is 1. The lowest BCUT2D eigenvalue weighted by molar-refractivity contribution is 0.0943. The van der Waals surface area contributed by atoms with Crippen LogP contribution in [0.25, 0.3) is 16.9 Å². The SMILES string of the molecule is COc1ccc(-c2cc(C(=O)NCc3ccc4c(c3)OCO4)n(-c3cc(C)ccc3C)n2)cc1. The quantitative estimate of drug-likeness (QED) is 0.451. The van der Waals surface area contributed by atoms with Gasteiger partial charge < -0.3 is 19.5 Å². The van der Waals surface area contributed by atoms with Crippen molar-refractivity contribution in [3.8, 4) is 34.2 Å². The third-order valence-corrected chi connectivity index (χ3v) is 5.81. The van der Waals surface area contributed by atoms with Gasteiger partial charge in [0.15, 0.2) is 11.5 Å². The molecule has 3 aromatic carbocycles. The molecule has 0 saturated heterocycles. The molecular formula is C27H25N3O4. The highest BCUT2D eigenvalue weighted by molar-refractivity contribution is 5.94. The van der Waals surface area contributed by atoms with Gasteiger partial charge in [0.1, 0.15) is 11.4 Å². The maximum Gasteiger partial charge on any atom is 0.270 e. The summed E-state index contributed by atoms with van der Waals surface area (Å²) in [6.07, 6.45) is 0. The summed E-state index contributed by atoms with van der Waals surface area (Å²) in [5.74, 6) is 1.95. The number of nitrogens with zero attached hydrogens (tertiary/aromatic N) is 2. The summed E-state index contributed by atoms with van der Waals surface area (Å²) < 4.78 is 17.8.